The van der Waals surface area contributed by atoms with Crippen molar-refractivity contribution >= 4 is 30.3 Å². The van der Waals surface area contributed by atoms with Crippen LogP contribution in [0.4, 0.5) is 4.79 Å². The van der Waals surface area contributed by atoms with Crippen molar-refractivity contribution in [1.82, 2.24) is 20.4 Å². The van der Waals surface area contributed by atoms with Crippen LogP contribution in [-0.4, -0.2) is 65.9 Å². The highest BCUT2D eigenvalue weighted by atomic mass is 35.5. The molecule has 0 aromatic rings. The lowest BCUT2D eigenvalue weighted by molar-refractivity contribution is -0.140. The van der Waals surface area contributed by atoms with Crippen molar-refractivity contribution in [2.24, 2.45) is 5.92 Å². The Bertz CT molecular complexity index is 528. The average Bonchev–Trinajstić information content (AvgIpc) is 3.19. The molecule has 3 aliphatic rings. The predicted molar refractivity (Wildman–Crippen MR) is 96.5 cm³/mol. The molecule has 2 saturated heterocycles. The van der Waals surface area contributed by atoms with E-state index in [4.69, 9.17) is 0 Å². The second kappa shape index (κ2) is 7.91. The van der Waals surface area contributed by atoms with Crippen LogP contribution in [-0.2, 0) is 9.59 Å². The number of rotatable bonds is 4. The van der Waals surface area contributed by atoms with E-state index >= 15 is 0 Å². The first-order valence-electron chi connectivity index (χ1n) is 9.07. The maximum atomic E-state index is 12.8. The third-order valence-electron chi connectivity index (χ3n) is 6.05. The summed E-state index contributed by atoms with van der Waals surface area (Å²) < 4.78 is 0. The summed E-state index contributed by atoms with van der Waals surface area (Å²) >= 11 is 0. The van der Waals surface area contributed by atoms with Crippen LogP contribution in [0, 0.1) is 5.92 Å². The number of nitrogens with one attached hydrogen (secondary N) is 2. The maximum absolute atomic E-state index is 12.8. The number of carbonyl (C=O) groups excluding carboxylic acids is 3. The summed E-state index contributed by atoms with van der Waals surface area (Å²) in [6, 6.07) is -0.270. The van der Waals surface area contributed by atoms with Crippen LogP contribution in [0.3, 0.4) is 0 Å². The summed E-state index contributed by atoms with van der Waals surface area (Å²) in [4.78, 5) is 40.4. The lowest BCUT2D eigenvalue weighted by atomic mass is 9.75. The first-order valence-corrected chi connectivity index (χ1v) is 9.07. The third-order valence-corrected chi connectivity index (χ3v) is 6.05. The molecular weight excluding hydrogens is 344 g/mol. The van der Waals surface area contributed by atoms with Crippen LogP contribution in [0.15, 0.2) is 0 Å². The van der Waals surface area contributed by atoms with Gasteiger partial charge in [-0.15, -0.1) is 12.4 Å². The smallest absolute Gasteiger partial charge is 0.325 e. The molecule has 1 atom stereocenters. The van der Waals surface area contributed by atoms with Crippen LogP contribution >= 0.6 is 12.4 Å². The van der Waals surface area contributed by atoms with Gasteiger partial charge in [-0.1, -0.05) is 13.3 Å². The summed E-state index contributed by atoms with van der Waals surface area (Å²) in [5.74, 6) is 0.247. The van der Waals surface area contributed by atoms with Crippen molar-refractivity contribution in [2.75, 3.05) is 26.7 Å². The summed E-state index contributed by atoms with van der Waals surface area (Å²) in [5, 5.41) is 6.10. The molecule has 3 fully saturated rings. The molecule has 2 N–H and O–H groups in total. The average molecular weight is 373 g/mol. The Balaban J connectivity index is 0.00000225. The maximum Gasteiger partial charge on any atom is 0.325 e. The number of hydrogen-bond donors (Lipinski definition) is 2. The molecule has 1 aliphatic carbocycles. The van der Waals surface area contributed by atoms with Crippen molar-refractivity contribution in [3.05, 3.63) is 0 Å². The molecule has 4 amide bonds. The molecule has 0 radical (unpaired) electrons. The monoisotopic (exact) mass is 372 g/mol. The van der Waals surface area contributed by atoms with Gasteiger partial charge in [0.1, 0.15) is 12.1 Å². The van der Waals surface area contributed by atoms with Crippen LogP contribution in [0.25, 0.3) is 0 Å². The van der Waals surface area contributed by atoms with Gasteiger partial charge in [0.05, 0.1) is 0 Å². The van der Waals surface area contributed by atoms with Crippen LogP contribution in [0.5, 0.6) is 0 Å². The number of urea groups is 1. The second-order valence-electron chi connectivity index (χ2n) is 7.41. The number of amides is 4. The fourth-order valence-corrected chi connectivity index (χ4v) is 4.16. The zero-order valence-corrected chi connectivity index (χ0v) is 15.9. The van der Waals surface area contributed by atoms with Crippen molar-refractivity contribution in [1.29, 1.82) is 0 Å². The van der Waals surface area contributed by atoms with Gasteiger partial charge in [-0.25, -0.2) is 4.79 Å². The molecular formula is C17H29ClN4O3. The van der Waals surface area contributed by atoms with Crippen molar-refractivity contribution < 1.29 is 14.4 Å². The molecule has 8 heteroatoms. The highest BCUT2D eigenvalue weighted by Gasteiger charge is 2.52. The molecule has 1 unspecified atom stereocenters. The van der Waals surface area contributed by atoms with Crippen LogP contribution in [0.1, 0.15) is 45.4 Å². The highest BCUT2D eigenvalue weighted by Crippen LogP contribution is 2.37. The Morgan fingerprint density at radius 2 is 1.96 bits per heavy atom. The summed E-state index contributed by atoms with van der Waals surface area (Å²) in [7, 11) is 1.75. The Hall–Kier alpha value is -1.34. The zero-order valence-electron chi connectivity index (χ0n) is 15.0. The van der Waals surface area contributed by atoms with E-state index in [1.807, 2.05) is 0 Å². The van der Waals surface area contributed by atoms with Gasteiger partial charge in [0.2, 0.25) is 5.91 Å². The van der Waals surface area contributed by atoms with E-state index in [0.29, 0.717) is 18.8 Å². The fourth-order valence-electron chi connectivity index (χ4n) is 4.16. The fraction of sp³-hybridized carbons (Fsp3) is 0.824. The molecule has 3 rings (SSSR count). The molecule has 1 spiro atoms. The summed E-state index contributed by atoms with van der Waals surface area (Å²) in [6.07, 6.45) is 5.30. The van der Waals surface area contributed by atoms with Gasteiger partial charge in [0.15, 0.2) is 0 Å². The lowest BCUT2D eigenvalue weighted by Crippen LogP contribution is -2.50. The lowest BCUT2D eigenvalue weighted by Gasteiger charge is -2.34. The number of imide groups is 1. The largest absolute Gasteiger partial charge is 0.340 e. The SMILES string of the molecule is CCC1CCC2(CC1)NC(=O)N(CC(=O)N(C)C1CCNC1)C2=O.Cl. The molecule has 1 saturated carbocycles. The number of carbonyl (C=O) groups is 3. The van der Waals surface area contributed by atoms with Gasteiger partial charge in [0.25, 0.3) is 5.91 Å². The van der Waals surface area contributed by atoms with E-state index in [0.717, 1.165) is 43.7 Å². The molecule has 0 aromatic heterocycles. The van der Waals surface area contributed by atoms with Gasteiger partial charge in [-0.05, 0) is 44.6 Å². The molecule has 25 heavy (non-hydrogen) atoms. The minimum atomic E-state index is -0.767. The predicted octanol–water partition coefficient (Wildman–Crippen LogP) is 1.12. The molecule has 0 bridgehead atoms. The van der Waals surface area contributed by atoms with Gasteiger partial charge in [-0.3, -0.25) is 14.5 Å². The second-order valence-corrected chi connectivity index (χ2v) is 7.41. The Labute approximate surface area is 155 Å². The third kappa shape index (κ3) is 3.77. The van der Waals surface area contributed by atoms with E-state index in [-0.39, 0.29) is 36.8 Å². The van der Waals surface area contributed by atoms with E-state index < -0.39 is 11.6 Å². The Morgan fingerprint density at radius 1 is 1.28 bits per heavy atom. The van der Waals surface area contributed by atoms with E-state index in [2.05, 4.69) is 17.6 Å². The standard InChI is InChI=1S/C17H28N4O3.ClH/c1-3-12-4-7-17(8-5-12)15(23)21(16(24)19-17)11-14(22)20(2)13-6-9-18-10-13;/h12-13,18H,3-11H2,1-2H3,(H,19,24);1H. The van der Waals surface area contributed by atoms with E-state index in [1.165, 1.54) is 0 Å². The first-order chi connectivity index (χ1) is 11.5. The van der Waals surface area contributed by atoms with Crippen LogP contribution < -0.4 is 10.6 Å². The van der Waals surface area contributed by atoms with Crippen LogP contribution in [0.2, 0.25) is 0 Å². The van der Waals surface area contributed by atoms with Gasteiger partial charge in [0, 0.05) is 19.6 Å². The molecule has 7 nitrogen and oxygen atoms in total. The minimum absolute atomic E-state index is 0. The summed E-state index contributed by atoms with van der Waals surface area (Å²) in [6.45, 7) is 3.67. The zero-order chi connectivity index (χ0) is 17.3. The highest BCUT2D eigenvalue weighted by molar-refractivity contribution is 6.09. The quantitative estimate of drug-likeness (QED) is 0.724. The number of likely N-dealkylation sites (N-methyl/N-ethyl adjacent to an activating group) is 1. The Kier molecular flexibility index (Phi) is 6.32. The molecule has 0 aromatic carbocycles. The van der Waals surface area contributed by atoms with Crippen molar-refractivity contribution in [2.45, 2.75) is 57.0 Å². The molecule has 2 aliphatic heterocycles. The summed E-state index contributed by atoms with van der Waals surface area (Å²) in [5.41, 5.74) is -0.767. The minimum Gasteiger partial charge on any atom is -0.340 e. The van der Waals surface area contributed by atoms with Gasteiger partial charge < -0.3 is 15.5 Å². The van der Waals surface area contributed by atoms with Crippen molar-refractivity contribution in [3.63, 3.8) is 0 Å². The first kappa shape index (κ1) is 20.0. The molecule has 2 heterocycles. The van der Waals surface area contributed by atoms with E-state index in [1.54, 1.807) is 11.9 Å². The number of halogens is 1. The number of nitrogens with zero attached hydrogens (tertiary/aromatic N) is 2. The van der Waals surface area contributed by atoms with Gasteiger partial charge >= 0.3 is 6.03 Å². The molecule has 142 valence electrons. The Morgan fingerprint density at radius 3 is 2.52 bits per heavy atom. The van der Waals surface area contributed by atoms with E-state index in [9.17, 15) is 14.4 Å². The normalized spacial score (nSPS) is 31.8. The number of hydrogen-bond acceptors (Lipinski definition) is 4. The van der Waals surface area contributed by atoms with Gasteiger partial charge in [-0.2, -0.15) is 0 Å². The van der Waals surface area contributed by atoms with Crippen molar-refractivity contribution in [3.8, 4) is 0 Å². The topological polar surface area (TPSA) is 81.8 Å².